The third kappa shape index (κ3) is 3.53. The van der Waals surface area contributed by atoms with Gasteiger partial charge in [0, 0.05) is 17.5 Å². The number of thiophene rings is 2. The molecule has 22 heavy (non-hydrogen) atoms. The fourth-order valence-corrected chi connectivity index (χ4v) is 2.81. The van der Waals surface area contributed by atoms with Crippen LogP contribution in [-0.2, 0) is 12.4 Å². The maximum absolute atomic E-state index is 12.4. The number of carbonyl (C=O) groups excluding carboxylic acids is 1. The molecule has 0 aliphatic carbocycles. The lowest BCUT2D eigenvalue weighted by Crippen LogP contribution is -2.06. The summed E-state index contributed by atoms with van der Waals surface area (Å²) in [6, 6.07) is 0.883. The second kappa shape index (κ2) is 5.47. The van der Waals surface area contributed by atoms with Gasteiger partial charge in [-0.25, -0.2) is 4.79 Å². The Hall–Kier alpha value is -1.75. The van der Waals surface area contributed by atoms with Crippen molar-refractivity contribution in [1.29, 1.82) is 0 Å². The van der Waals surface area contributed by atoms with Crippen LogP contribution in [0.1, 0.15) is 19.4 Å². The number of alkyl halides is 6. The van der Waals surface area contributed by atoms with E-state index in [4.69, 9.17) is 0 Å². The molecule has 0 amide bonds. The lowest BCUT2D eigenvalue weighted by Gasteiger charge is -2.02. The van der Waals surface area contributed by atoms with Crippen LogP contribution in [-0.4, -0.2) is 11.1 Å². The van der Waals surface area contributed by atoms with Crippen molar-refractivity contribution in [2.45, 2.75) is 12.4 Å². The van der Waals surface area contributed by atoms with Crippen molar-refractivity contribution in [3.05, 3.63) is 32.1 Å². The Labute approximate surface area is 126 Å². The Kier molecular flexibility index (Phi) is 4.13. The molecule has 0 aromatic carbocycles. The summed E-state index contributed by atoms with van der Waals surface area (Å²) in [5, 5.41) is 10.2. The minimum absolute atomic E-state index is 0.0622. The van der Waals surface area contributed by atoms with E-state index in [1.54, 1.807) is 0 Å². The summed E-state index contributed by atoms with van der Waals surface area (Å²) in [5.41, 5.74) is 0. The van der Waals surface area contributed by atoms with E-state index >= 15 is 0 Å². The molecule has 0 unspecified atom stereocenters. The van der Waals surface area contributed by atoms with Crippen LogP contribution in [0, 0.1) is 0 Å². The average Bonchev–Trinajstić information content (AvgIpc) is 2.93. The van der Waals surface area contributed by atoms with Crippen molar-refractivity contribution in [3.63, 3.8) is 0 Å². The number of aromatic hydroxyl groups is 1. The molecule has 0 fully saturated rings. The number of hydrogen-bond donors (Lipinski definition) is 1. The second-order valence-corrected chi connectivity index (χ2v) is 5.82. The molecule has 0 aliphatic heterocycles. The molecule has 0 atom stereocenters. The maximum atomic E-state index is 12.4. The highest BCUT2D eigenvalue weighted by Crippen LogP contribution is 2.40. The quantitative estimate of drug-likeness (QED) is 0.618. The van der Waals surface area contributed by atoms with Crippen molar-refractivity contribution in [3.8, 4) is 11.5 Å². The van der Waals surface area contributed by atoms with E-state index in [0.29, 0.717) is 12.1 Å². The zero-order valence-electron chi connectivity index (χ0n) is 10.1. The van der Waals surface area contributed by atoms with E-state index in [9.17, 15) is 36.2 Å². The van der Waals surface area contributed by atoms with Gasteiger partial charge in [0.2, 0.25) is 0 Å². The van der Waals surface area contributed by atoms with Gasteiger partial charge in [-0.1, -0.05) is 0 Å². The molecule has 2 aromatic heterocycles. The monoisotopic (exact) mass is 362 g/mol. The van der Waals surface area contributed by atoms with E-state index in [-0.39, 0.29) is 22.7 Å². The van der Waals surface area contributed by atoms with E-state index < -0.39 is 44.5 Å². The first-order chi connectivity index (χ1) is 9.98. The van der Waals surface area contributed by atoms with Crippen LogP contribution in [0.4, 0.5) is 26.3 Å². The molecule has 2 rings (SSSR count). The SMILES string of the molecule is O=C(Oc1csc(C(F)(F)F)c1)c1sc(C(F)(F)F)cc1O. The number of hydrogen-bond acceptors (Lipinski definition) is 5. The highest BCUT2D eigenvalue weighted by Gasteiger charge is 2.36. The van der Waals surface area contributed by atoms with Gasteiger partial charge in [-0.2, -0.15) is 26.3 Å². The van der Waals surface area contributed by atoms with Crippen LogP contribution in [0.15, 0.2) is 17.5 Å². The molecule has 0 radical (unpaired) electrons. The van der Waals surface area contributed by atoms with Crippen molar-refractivity contribution in [1.82, 2.24) is 0 Å². The highest BCUT2D eigenvalue weighted by molar-refractivity contribution is 7.14. The number of carbonyl (C=O) groups is 1. The molecular weight excluding hydrogens is 358 g/mol. The molecule has 120 valence electrons. The van der Waals surface area contributed by atoms with E-state index in [1.165, 1.54) is 0 Å². The van der Waals surface area contributed by atoms with Crippen molar-refractivity contribution in [2.75, 3.05) is 0 Å². The Bertz CT molecular complexity index is 697. The molecule has 0 saturated heterocycles. The summed E-state index contributed by atoms with van der Waals surface area (Å²) >= 11 is 0.204. The first kappa shape index (κ1) is 16.6. The van der Waals surface area contributed by atoms with Gasteiger partial charge in [-0.05, 0) is 0 Å². The third-order valence-electron chi connectivity index (χ3n) is 2.24. The third-order valence-corrected chi connectivity index (χ3v) is 4.35. The molecule has 1 N–H and O–H groups in total. The smallest absolute Gasteiger partial charge is 0.425 e. The van der Waals surface area contributed by atoms with Crippen molar-refractivity contribution >= 4 is 28.6 Å². The largest absolute Gasteiger partial charge is 0.506 e. The number of ether oxygens (including phenoxy) is 1. The number of rotatable bonds is 2. The van der Waals surface area contributed by atoms with Gasteiger partial charge in [-0.3, -0.25) is 0 Å². The van der Waals surface area contributed by atoms with Gasteiger partial charge in [0.15, 0.2) is 4.88 Å². The second-order valence-electron chi connectivity index (χ2n) is 3.86. The topological polar surface area (TPSA) is 46.5 Å². The molecular formula is C11H4F6O3S2. The minimum atomic E-state index is -4.76. The van der Waals surface area contributed by atoms with E-state index in [2.05, 4.69) is 4.74 Å². The van der Waals surface area contributed by atoms with Crippen LogP contribution < -0.4 is 4.74 Å². The van der Waals surface area contributed by atoms with Gasteiger partial charge in [0.25, 0.3) is 0 Å². The molecule has 3 nitrogen and oxygen atoms in total. The predicted molar refractivity (Wildman–Crippen MR) is 65.3 cm³/mol. The lowest BCUT2D eigenvalue weighted by atomic mass is 10.4. The van der Waals surface area contributed by atoms with E-state index in [1.807, 2.05) is 0 Å². The molecule has 11 heteroatoms. The van der Waals surface area contributed by atoms with Gasteiger partial charge < -0.3 is 9.84 Å². The van der Waals surface area contributed by atoms with Crippen molar-refractivity contribution in [2.24, 2.45) is 0 Å². The normalized spacial score (nSPS) is 12.5. The molecule has 0 aliphatic rings. The fraction of sp³-hybridized carbons (Fsp3) is 0.182. The minimum Gasteiger partial charge on any atom is -0.506 e. The zero-order chi connectivity index (χ0) is 16.7. The van der Waals surface area contributed by atoms with Crippen LogP contribution in [0.3, 0.4) is 0 Å². The fourth-order valence-electron chi connectivity index (χ4n) is 1.34. The number of halogens is 6. The Balaban J connectivity index is 2.20. The molecule has 2 aromatic rings. The summed E-state index contributed by atoms with van der Waals surface area (Å²) in [6.45, 7) is 0. The molecule has 2 heterocycles. The number of esters is 1. The first-order valence-electron chi connectivity index (χ1n) is 5.26. The Morgan fingerprint density at radius 3 is 2.09 bits per heavy atom. The average molecular weight is 362 g/mol. The Morgan fingerprint density at radius 1 is 1.05 bits per heavy atom. The van der Waals surface area contributed by atoms with Crippen LogP contribution in [0.2, 0.25) is 0 Å². The summed E-state index contributed by atoms with van der Waals surface area (Å²) in [5.74, 6) is -2.79. The first-order valence-corrected chi connectivity index (χ1v) is 6.96. The van der Waals surface area contributed by atoms with Gasteiger partial charge >= 0.3 is 18.3 Å². The predicted octanol–water partition coefficient (Wildman–Crippen LogP) is 4.77. The lowest BCUT2D eigenvalue weighted by molar-refractivity contribution is -0.135. The summed E-state index contributed by atoms with van der Waals surface area (Å²) in [7, 11) is 0. The maximum Gasteiger partial charge on any atom is 0.425 e. The van der Waals surface area contributed by atoms with Crippen LogP contribution >= 0.6 is 22.7 Å². The standard InChI is InChI=1S/C11H4F6O3S2/c12-10(13,14)6-1-4(3-21-6)20-9(19)8-5(18)2-7(22-8)11(15,16)17/h1-3,18H. The molecule has 0 spiro atoms. The van der Waals surface area contributed by atoms with Gasteiger partial charge in [0.1, 0.15) is 21.3 Å². The molecule has 0 bridgehead atoms. The van der Waals surface area contributed by atoms with Crippen LogP contribution in [0.5, 0.6) is 11.5 Å². The highest BCUT2D eigenvalue weighted by atomic mass is 32.1. The van der Waals surface area contributed by atoms with Gasteiger partial charge in [0.05, 0.1) is 0 Å². The summed E-state index contributed by atoms with van der Waals surface area (Å²) in [6.07, 6.45) is -9.38. The summed E-state index contributed by atoms with van der Waals surface area (Å²) < 4.78 is 78.9. The zero-order valence-corrected chi connectivity index (χ0v) is 11.7. The van der Waals surface area contributed by atoms with Crippen LogP contribution in [0.25, 0.3) is 0 Å². The molecule has 0 saturated carbocycles. The summed E-state index contributed by atoms with van der Waals surface area (Å²) in [4.78, 5) is 8.62. The van der Waals surface area contributed by atoms with E-state index in [0.717, 1.165) is 5.38 Å². The van der Waals surface area contributed by atoms with Crippen molar-refractivity contribution < 1.29 is 41.0 Å². The Morgan fingerprint density at radius 2 is 1.64 bits per heavy atom. The van der Waals surface area contributed by atoms with Gasteiger partial charge in [-0.15, -0.1) is 22.7 Å².